The number of methoxy groups -OCH3 is 1. The molecule has 6 heteroatoms. The van der Waals surface area contributed by atoms with Crippen LogP contribution in [0.15, 0.2) is 54.5 Å². The third-order valence-electron chi connectivity index (χ3n) is 15.4. The number of esters is 1. The summed E-state index contributed by atoms with van der Waals surface area (Å²) < 4.78 is 29.6. The third-order valence-corrected chi connectivity index (χ3v) is 16.7. The van der Waals surface area contributed by atoms with Crippen molar-refractivity contribution in [2.45, 2.75) is 105 Å². The molecule has 1 N–H and O–H groups in total. The molecule has 1 aromatic carbocycles. The van der Waals surface area contributed by atoms with Gasteiger partial charge >= 0.3 is 5.97 Å². The highest BCUT2D eigenvalue weighted by Crippen LogP contribution is 2.76. The van der Waals surface area contributed by atoms with Crippen molar-refractivity contribution in [3.63, 3.8) is 0 Å². The Bertz CT molecular complexity index is 1570. The molecule has 4 fully saturated rings. The zero-order chi connectivity index (χ0) is 34.2. The first kappa shape index (κ1) is 34.7. The second-order valence-corrected chi connectivity index (χ2v) is 19.5. The van der Waals surface area contributed by atoms with Crippen molar-refractivity contribution in [3.05, 3.63) is 65.6 Å². The average molecular weight is 662 g/mol. The molecular weight excluding hydrogens is 603 g/mol. The molecule has 1 aromatic rings. The summed E-state index contributed by atoms with van der Waals surface area (Å²) >= 11 is 0. The van der Waals surface area contributed by atoms with E-state index >= 15 is 0 Å². The van der Waals surface area contributed by atoms with Crippen molar-refractivity contribution in [1.82, 2.24) is 5.32 Å². The summed E-state index contributed by atoms with van der Waals surface area (Å²) in [5, 5.41) is 5.01. The van der Waals surface area contributed by atoms with Crippen LogP contribution in [0.25, 0.3) is 5.57 Å². The molecule has 0 radical (unpaired) electrons. The number of nitrogens with one attached hydrogen (secondary N) is 1. The molecule has 5 aliphatic rings. The van der Waals surface area contributed by atoms with Crippen molar-refractivity contribution < 1.29 is 17.9 Å². The third kappa shape index (κ3) is 5.16. The molecule has 0 bridgehead atoms. The fourth-order valence-electron chi connectivity index (χ4n) is 13.0. The van der Waals surface area contributed by atoms with E-state index in [0.29, 0.717) is 41.7 Å². The van der Waals surface area contributed by atoms with E-state index in [-0.39, 0.29) is 38.9 Å². The molecule has 5 aliphatic carbocycles. The van der Waals surface area contributed by atoms with Crippen LogP contribution in [0, 0.1) is 51.2 Å². The van der Waals surface area contributed by atoms with Gasteiger partial charge < -0.3 is 10.1 Å². The number of carbonyl (C=O) groups is 1. The van der Waals surface area contributed by atoms with Gasteiger partial charge in [0.15, 0.2) is 9.84 Å². The summed E-state index contributed by atoms with van der Waals surface area (Å²) in [4.78, 5) is 12.1. The lowest BCUT2D eigenvalue weighted by Gasteiger charge is -2.72. The van der Waals surface area contributed by atoms with E-state index in [9.17, 15) is 13.2 Å². The zero-order valence-corrected chi connectivity index (χ0v) is 30.9. The first-order valence-electron chi connectivity index (χ1n) is 18.1. The van der Waals surface area contributed by atoms with Crippen LogP contribution < -0.4 is 5.32 Å². The van der Waals surface area contributed by atoms with Crippen LogP contribution in [0.3, 0.4) is 0 Å². The smallest absolute Gasteiger partial charge is 0.337 e. The molecule has 6 rings (SSSR count). The second-order valence-electron chi connectivity index (χ2n) is 17.4. The van der Waals surface area contributed by atoms with Crippen LogP contribution in [0.4, 0.5) is 0 Å². The topological polar surface area (TPSA) is 72.5 Å². The van der Waals surface area contributed by atoms with Gasteiger partial charge in [0.2, 0.25) is 0 Å². The van der Waals surface area contributed by atoms with E-state index in [1.165, 1.54) is 55.9 Å². The van der Waals surface area contributed by atoms with E-state index in [1.54, 1.807) is 0 Å². The number of ether oxygens (including phenoxy) is 1. The predicted octanol–water partition coefficient (Wildman–Crippen LogP) is 9.02. The Balaban J connectivity index is 1.31. The summed E-state index contributed by atoms with van der Waals surface area (Å²) in [5.74, 6) is 2.64. The molecule has 258 valence electrons. The summed E-state index contributed by atoms with van der Waals surface area (Å²) in [6.07, 6.45) is 13.2. The number of hydrogen-bond acceptors (Lipinski definition) is 5. The van der Waals surface area contributed by atoms with Gasteiger partial charge in [0, 0.05) is 17.5 Å². The highest BCUT2D eigenvalue weighted by atomic mass is 32.2. The Kier molecular flexibility index (Phi) is 8.64. The van der Waals surface area contributed by atoms with Crippen molar-refractivity contribution in [2.24, 2.45) is 51.2 Å². The fourth-order valence-corrected chi connectivity index (χ4v) is 13.5. The number of fused-ring (bicyclic) bond motifs is 7. The van der Waals surface area contributed by atoms with Crippen LogP contribution in [0.5, 0.6) is 0 Å². The lowest BCUT2D eigenvalue weighted by atomic mass is 9.33. The number of rotatable bonds is 8. The average Bonchev–Trinajstić information content (AvgIpc) is 3.41. The molecule has 0 saturated heterocycles. The Hall–Kier alpha value is -2.18. The maximum absolute atomic E-state index is 12.3. The molecule has 9 atom stereocenters. The molecule has 0 aromatic heterocycles. The molecule has 0 aliphatic heterocycles. The van der Waals surface area contributed by atoms with E-state index < -0.39 is 9.84 Å². The molecule has 0 heterocycles. The number of hydrogen-bond donors (Lipinski definition) is 1. The molecule has 4 saturated carbocycles. The van der Waals surface area contributed by atoms with E-state index in [0.717, 1.165) is 31.1 Å². The van der Waals surface area contributed by atoms with Crippen molar-refractivity contribution in [1.29, 1.82) is 0 Å². The first-order chi connectivity index (χ1) is 22.0. The maximum atomic E-state index is 12.3. The van der Waals surface area contributed by atoms with Gasteiger partial charge in [-0.15, -0.1) is 0 Å². The lowest BCUT2D eigenvalue weighted by molar-refractivity contribution is -0.219. The molecular formula is C41H59NO4S. The van der Waals surface area contributed by atoms with Crippen LogP contribution in [0.1, 0.15) is 115 Å². The summed E-state index contributed by atoms with van der Waals surface area (Å²) in [7, 11) is -1.81. The van der Waals surface area contributed by atoms with E-state index in [4.69, 9.17) is 4.74 Å². The van der Waals surface area contributed by atoms with Gasteiger partial charge in [-0.25, -0.2) is 13.2 Å². The molecule has 5 nitrogen and oxygen atoms in total. The molecule has 0 amide bonds. The van der Waals surface area contributed by atoms with Gasteiger partial charge in [0.05, 0.1) is 18.4 Å². The maximum Gasteiger partial charge on any atom is 0.337 e. The van der Waals surface area contributed by atoms with Gasteiger partial charge in [-0.05, 0) is 139 Å². The standard InChI is InChI=1S/C41H59NO4S/c1-10-47(44,45)26-25-42-41-22-17-30(27(2)3)35(41)32-15-16-34-38(6)20-18-31(28-11-13-29(14-12-28)36(43)46-9)37(4,5)33(38)19-21-40(34,8)39(32,7)23-24-41/h10-14,18,30,32-35,42H,1-2,15-17,19-26H2,3-9H3. The van der Waals surface area contributed by atoms with Gasteiger partial charge in [-0.3, -0.25) is 0 Å². The lowest BCUT2D eigenvalue weighted by Crippen LogP contribution is -2.68. The molecule has 0 spiro atoms. The number of allylic oxidation sites excluding steroid dienone is 3. The minimum absolute atomic E-state index is 0.0112. The Morgan fingerprint density at radius 3 is 2.30 bits per heavy atom. The second kappa shape index (κ2) is 11.7. The first-order valence-corrected chi connectivity index (χ1v) is 19.9. The Labute approximate surface area is 285 Å². The van der Waals surface area contributed by atoms with Gasteiger partial charge in [0.25, 0.3) is 0 Å². The van der Waals surface area contributed by atoms with Crippen LogP contribution >= 0.6 is 0 Å². The normalized spacial score (nSPS) is 40.6. The number of sulfone groups is 1. The summed E-state index contributed by atoms with van der Waals surface area (Å²) in [6.45, 7) is 23.7. The Morgan fingerprint density at radius 1 is 0.957 bits per heavy atom. The summed E-state index contributed by atoms with van der Waals surface area (Å²) in [5.41, 5.74) is 5.23. The fraction of sp³-hybridized carbons (Fsp3) is 0.683. The van der Waals surface area contributed by atoms with Crippen molar-refractivity contribution >= 4 is 21.4 Å². The quantitative estimate of drug-likeness (QED) is 0.222. The summed E-state index contributed by atoms with van der Waals surface area (Å²) in [6, 6.07) is 8.03. The van der Waals surface area contributed by atoms with E-state index in [1.807, 2.05) is 12.1 Å². The van der Waals surface area contributed by atoms with Gasteiger partial charge in [0.1, 0.15) is 0 Å². The largest absolute Gasteiger partial charge is 0.465 e. The minimum Gasteiger partial charge on any atom is -0.465 e. The number of benzene rings is 1. The van der Waals surface area contributed by atoms with Gasteiger partial charge in [-0.2, -0.15) is 0 Å². The highest BCUT2D eigenvalue weighted by molar-refractivity contribution is 7.94. The van der Waals surface area contributed by atoms with Crippen LogP contribution in [-0.4, -0.2) is 39.3 Å². The van der Waals surface area contributed by atoms with Crippen LogP contribution in [0.2, 0.25) is 0 Å². The zero-order valence-electron chi connectivity index (χ0n) is 30.1. The van der Waals surface area contributed by atoms with Crippen molar-refractivity contribution in [2.75, 3.05) is 19.4 Å². The SMILES string of the molecule is C=CS(=O)(=O)CCNC12CCC(C(=C)C)C1C1CCC3C4(C)CC=C(c5ccc(C(=O)OC)cc5)C(C)(C)C4CCC3(C)C1(C)CC2. The van der Waals surface area contributed by atoms with Crippen molar-refractivity contribution in [3.8, 4) is 0 Å². The highest BCUT2D eigenvalue weighted by Gasteiger charge is 2.70. The predicted molar refractivity (Wildman–Crippen MR) is 192 cm³/mol. The molecule has 9 unspecified atom stereocenters. The Morgan fingerprint density at radius 2 is 1.66 bits per heavy atom. The van der Waals surface area contributed by atoms with Crippen LogP contribution in [-0.2, 0) is 14.6 Å². The molecule has 47 heavy (non-hydrogen) atoms. The van der Waals surface area contributed by atoms with Gasteiger partial charge in [-0.1, -0.05) is 71.6 Å². The number of carbonyl (C=O) groups excluding carboxylic acids is 1. The van der Waals surface area contributed by atoms with E-state index in [2.05, 4.69) is 78.2 Å². The monoisotopic (exact) mass is 661 g/mol. The minimum atomic E-state index is -3.24.